The molecule has 4 nitrogen and oxygen atoms in total. The molecule has 6 heteroatoms. The van der Waals surface area contributed by atoms with Crippen LogP contribution in [0.2, 0.25) is 0 Å². The van der Waals surface area contributed by atoms with E-state index in [2.05, 4.69) is 39.4 Å². The highest BCUT2D eigenvalue weighted by molar-refractivity contribution is 5.85. The van der Waals surface area contributed by atoms with E-state index < -0.39 is 0 Å². The lowest BCUT2D eigenvalue weighted by molar-refractivity contribution is -0.135. The third-order valence-electron chi connectivity index (χ3n) is 7.48. The second-order valence-corrected chi connectivity index (χ2v) is 8.96. The zero-order valence-electron chi connectivity index (χ0n) is 16.6. The van der Waals surface area contributed by atoms with Gasteiger partial charge < -0.3 is 15.1 Å². The van der Waals surface area contributed by atoms with Crippen LogP contribution in [0.3, 0.4) is 0 Å². The Morgan fingerprint density at radius 3 is 2.54 bits per heavy atom. The number of carbonyl (C=O) groups excluding carboxylic acids is 1. The number of fused-ring (bicyclic) bond motifs is 1. The highest BCUT2D eigenvalue weighted by Crippen LogP contribution is 2.59. The summed E-state index contributed by atoms with van der Waals surface area (Å²) in [7, 11) is 0. The number of piperidine rings is 2. The van der Waals surface area contributed by atoms with Crippen molar-refractivity contribution in [1.29, 1.82) is 0 Å². The van der Waals surface area contributed by atoms with Gasteiger partial charge in [-0.2, -0.15) is 0 Å². The monoisotopic (exact) mass is 425 g/mol. The molecule has 3 aliphatic heterocycles. The minimum absolute atomic E-state index is 0. The molecule has 4 aliphatic rings. The van der Waals surface area contributed by atoms with Crippen LogP contribution < -0.4 is 10.2 Å². The first-order valence-electron chi connectivity index (χ1n) is 10.6. The van der Waals surface area contributed by atoms with Gasteiger partial charge in [-0.05, 0) is 74.6 Å². The standard InChI is InChI=1S/C22H31N3O.2ClH/c26-21(19-15-22(19)8-10-23-11-9-22)24-12-5-17(6-13-24)16-25-14-7-18-3-1-2-4-20(18)25;;/h1-4,17,19,23H,5-16H2;2*1H. The molecule has 28 heavy (non-hydrogen) atoms. The van der Waals surface area contributed by atoms with Crippen molar-refractivity contribution < 1.29 is 4.79 Å². The third-order valence-corrected chi connectivity index (χ3v) is 7.48. The van der Waals surface area contributed by atoms with Gasteiger partial charge in [-0.1, -0.05) is 18.2 Å². The van der Waals surface area contributed by atoms with Crippen molar-refractivity contribution in [2.45, 2.75) is 38.5 Å². The van der Waals surface area contributed by atoms with Gasteiger partial charge in [-0.3, -0.25) is 4.79 Å². The number of carbonyl (C=O) groups is 1. The molecule has 2 saturated heterocycles. The van der Waals surface area contributed by atoms with Crippen LogP contribution in [0.1, 0.15) is 37.7 Å². The van der Waals surface area contributed by atoms with E-state index in [9.17, 15) is 4.79 Å². The largest absolute Gasteiger partial charge is 0.371 e. The summed E-state index contributed by atoms with van der Waals surface area (Å²) >= 11 is 0. The average Bonchev–Trinajstić information content (AvgIpc) is 3.22. The molecule has 1 saturated carbocycles. The number of rotatable bonds is 3. The summed E-state index contributed by atoms with van der Waals surface area (Å²) in [5, 5.41) is 3.44. The normalized spacial score (nSPS) is 25.6. The fourth-order valence-electron chi connectivity index (χ4n) is 5.64. The summed E-state index contributed by atoms with van der Waals surface area (Å²) < 4.78 is 0. The number of hydrogen-bond donors (Lipinski definition) is 1. The summed E-state index contributed by atoms with van der Waals surface area (Å²) in [5.74, 6) is 1.54. The molecule has 1 N–H and O–H groups in total. The summed E-state index contributed by atoms with van der Waals surface area (Å²) in [6.07, 6.45) is 7.09. The Morgan fingerprint density at radius 1 is 1.07 bits per heavy atom. The second-order valence-electron chi connectivity index (χ2n) is 8.96. The number of hydrogen-bond acceptors (Lipinski definition) is 3. The molecular weight excluding hydrogens is 393 g/mol. The Bertz CT molecular complexity index is 684. The van der Waals surface area contributed by atoms with Gasteiger partial charge in [0.15, 0.2) is 0 Å². The fourth-order valence-corrected chi connectivity index (χ4v) is 5.64. The molecule has 1 aliphatic carbocycles. The van der Waals surface area contributed by atoms with Crippen LogP contribution in [0.4, 0.5) is 5.69 Å². The first-order chi connectivity index (χ1) is 12.8. The van der Waals surface area contributed by atoms with Gasteiger partial charge in [0.05, 0.1) is 0 Å². The number of nitrogens with one attached hydrogen (secondary N) is 1. The fraction of sp³-hybridized carbons (Fsp3) is 0.682. The maximum absolute atomic E-state index is 12.9. The van der Waals surface area contributed by atoms with E-state index in [0.29, 0.717) is 17.2 Å². The number of nitrogens with zero attached hydrogens (tertiary/aromatic N) is 2. The molecule has 1 aromatic carbocycles. The molecule has 1 amide bonds. The molecular formula is C22H33Cl2N3O. The number of amides is 1. The van der Waals surface area contributed by atoms with E-state index in [1.807, 2.05) is 0 Å². The van der Waals surface area contributed by atoms with Crippen molar-refractivity contribution in [2.75, 3.05) is 44.2 Å². The molecule has 0 bridgehead atoms. The number of likely N-dealkylation sites (tertiary alicyclic amines) is 1. The lowest BCUT2D eigenvalue weighted by atomic mass is 9.91. The van der Waals surface area contributed by atoms with E-state index in [1.54, 1.807) is 0 Å². The third kappa shape index (κ3) is 4.01. The maximum atomic E-state index is 12.9. The summed E-state index contributed by atoms with van der Waals surface area (Å²) in [4.78, 5) is 17.7. The molecule has 3 fully saturated rings. The Labute approximate surface area is 181 Å². The minimum atomic E-state index is 0. The number of halogens is 2. The van der Waals surface area contributed by atoms with Gasteiger partial charge in [0, 0.05) is 37.8 Å². The molecule has 1 atom stereocenters. The van der Waals surface area contributed by atoms with Gasteiger partial charge in [-0.25, -0.2) is 0 Å². The van der Waals surface area contributed by atoms with Crippen LogP contribution in [-0.4, -0.2) is 50.1 Å². The average molecular weight is 426 g/mol. The number of para-hydroxylation sites is 1. The van der Waals surface area contributed by atoms with Crippen LogP contribution in [-0.2, 0) is 11.2 Å². The summed E-state index contributed by atoms with van der Waals surface area (Å²) in [5.41, 5.74) is 3.32. The summed E-state index contributed by atoms with van der Waals surface area (Å²) in [6, 6.07) is 8.85. The topological polar surface area (TPSA) is 35.6 Å². The van der Waals surface area contributed by atoms with Crippen LogP contribution in [0.15, 0.2) is 24.3 Å². The van der Waals surface area contributed by atoms with Gasteiger partial charge in [0.2, 0.25) is 5.91 Å². The molecule has 5 rings (SSSR count). The Morgan fingerprint density at radius 2 is 1.79 bits per heavy atom. The molecule has 0 aromatic heterocycles. The van der Waals surface area contributed by atoms with Gasteiger partial charge in [-0.15, -0.1) is 24.8 Å². The van der Waals surface area contributed by atoms with E-state index in [4.69, 9.17) is 0 Å². The van der Waals surface area contributed by atoms with Crippen LogP contribution in [0.5, 0.6) is 0 Å². The van der Waals surface area contributed by atoms with Crippen molar-refractivity contribution in [3.05, 3.63) is 29.8 Å². The van der Waals surface area contributed by atoms with Crippen molar-refractivity contribution in [3.63, 3.8) is 0 Å². The molecule has 1 unspecified atom stereocenters. The number of anilines is 1. The zero-order valence-corrected chi connectivity index (χ0v) is 18.2. The zero-order chi connectivity index (χ0) is 17.6. The minimum Gasteiger partial charge on any atom is -0.371 e. The SMILES string of the molecule is Cl.Cl.O=C(C1CC12CCNCC2)N1CCC(CN2CCc3ccccc32)CC1. The van der Waals surface area contributed by atoms with E-state index >= 15 is 0 Å². The highest BCUT2D eigenvalue weighted by atomic mass is 35.5. The maximum Gasteiger partial charge on any atom is 0.226 e. The predicted octanol–water partition coefficient (Wildman–Crippen LogP) is 3.52. The van der Waals surface area contributed by atoms with E-state index in [0.717, 1.165) is 51.6 Å². The molecule has 1 aromatic rings. The molecule has 3 heterocycles. The lowest BCUT2D eigenvalue weighted by Gasteiger charge is -2.35. The van der Waals surface area contributed by atoms with Crippen molar-refractivity contribution in [1.82, 2.24) is 10.2 Å². The molecule has 1 spiro atoms. The van der Waals surface area contributed by atoms with Crippen molar-refractivity contribution in [3.8, 4) is 0 Å². The lowest BCUT2D eigenvalue weighted by Crippen LogP contribution is -2.43. The molecule has 0 radical (unpaired) electrons. The Hall–Kier alpha value is -0.970. The van der Waals surface area contributed by atoms with Crippen LogP contribution in [0.25, 0.3) is 0 Å². The first-order valence-corrected chi connectivity index (χ1v) is 10.6. The Kier molecular flexibility index (Phi) is 6.84. The quantitative estimate of drug-likeness (QED) is 0.804. The van der Waals surface area contributed by atoms with E-state index in [-0.39, 0.29) is 24.8 Å². The first kappa shape index (κ1) is 21.7. The van der Waals surface area contributed by atoms with Crippen LogP contribution in [0, 0.1) is 17.3 Å². The van der Waals surface area contributed by atoms with Gasteiger partial charge >= 0.3 is 0 Å². The van der Waals surface area contributed by atoms with Gasteiger partial charge in [0.25, 0.3) is 0 Å². The second kappa shape index (κ2) is 8.81. The smallest absolute Gasteiger partial charge is 0.226 e. The highest BCUT2D eigenvalue weighted by Gasteiger charge is 2.58. The Balaban J connectivity index is 0.00000112. The van der Waals surface area contributed by atoms with Crippen LogP contribution >= 0.6 is 24.8 Å². The molecule has 156 valence electrons. The van der Waals surface area contributed by atoms with E-state index in [1.165, 1.54) is 43.4 Å². The van der Waals surface area contributed by atoms with Crippen molar-refractivity contribution >= 4 is 36.4 Å². The number of benzene rings is 1. The van der Waals surface area contributed by atoms with Gasteiger partial charge in [0.1, 0.15) is 0 Å². The summed E-state index contributed by atoms with van der Waals surface area (Å²) in [6.45, 7) is 6.48. The predicted molar refractivity (Wildman–Crippen MR) is 119 cm³/mol. The van der Waals surface area contributed by atoms with Crippen molar-refractivity contribution in [2.24, 2.45) is 17.3 Å².